The van der Waals surface area contributed by atoms with E-state index in [1.165, 1.54) is 12.1 Å². The number of hydrogen-bond acceptors (Lipinski definition) is 4. The summed E-state index contributed by atoms with van der Waals surface area (Å²) in [5, 5.41) is 14.5. The third-order valence-corrected chi connectivity index (χ3v) is 3.88. The second-order valence-corrected chi connectivity index (χ2v) is 5.84. The lowest BCUT2D eigenvalue weighted by atomic mass is 10.1. The zero-order valence-electron chi connectivity index (χ0n) is 15.1. The van der Waals surface area contributed by atoms with Gasteiger partial charge < -0.3 is 15.4 Å². The number of halogens is 3. The Kier molecular flexibility index (Phi) is 5.97. The molecule has 0 saturated carbocycles. The van der Waals surface area contributed by atoms with Gasteiger partial charge in [0.2, 0.25) is 0 Å². The highest BCUT2D eigenvalue weighted by atomic mass is 19.4. The number of fused-ring (bicyclic) bond motifs is 1. The predicted octanol–water partition coefficient (Wildman–Crippen LogP) is 2.54. The Morgan fingerprint density at radius 3 is 2.61 bits per heavy atom. The third kappa shape index (κ3) is 5.35. The molecule has 2 aromatic heterocycles. The van der Waals surface area contributed by atoms with Crippen LogP contribution in [0.2, 0.25) is 0 Å². The monoisotopic (exact) mass is 392 g/mol. The van der Waals surface area contributed by atoms with Crippen LogP contribution in [0.1, 0.15) is 11.4 Å². The Morgan fingerprint density at radius 1 is 1.11 bits per heavy atom. The number of nitrogens with zero attached hydrogens (tertiary/aromatic N) is 4. The van der Waals surface area contributed by atoms with Gasteiger partial charge in [0.1, 0.15) is 5.75 Å². The van der Waals surface area contributed by atoms with E-state index in [0.717, 1.165) is 17.0 Å². The molecule has 0 atom stereocenters. The van der Waals surface area contributed by atoms with Gasteiger partial charge in [-0.25, -0.2) is 0 Å². The Hall–Kier alpha value is -3.30. The molecule has 0 bridgehead atoms. The first kappa shape index (κ1) is 19.5. The summed E-state index contributed by atoms with van der Waals surface area (Å²) in [5.41, 5.74) is 1.64. The van der Waals surface area contributed by atoms with Gasteiger partial charge in [0.05, 0.1) is 6.54 Å². The lowest BCUT2D eigenvalue weighted by molar-refractivity contribution is -0.274. The highest BCUT2D eigenvalue weighted by molar-refractivity contribution is 5.79. The van der Waals surface area contributed by atoms with Crippen LogP contribution < -0.4 is 15.4 Å². The van der Waals surface area contributed by atoms with E-state index >= 15 is 0 Å². The number of pyridine rings is 1. The SMILES string of the molecule is CN=C(NCCc1ccc(OC(F)(F)F)cc1)NCc1nnc2ccccn12. The molecule has 0 amide bonds. The molecule has 2 N–H and O–H groups in total. The first-order valence-electron chi connectivity index (χ1n) is 8.52. The van der Waals surface area contributed by atoms with Gasteiger partial charge in [-0.1, -0.05) is 18.2 Å². The minimum absolute atomic E-state index is 0.234. The molecule has 0 saturated heterocycles. The van der Waals surface area contributed by atoms with E-state index in [2.05, 4.69) is 30.6 Å². The van der Waals surface area contributed by atoms with Crippen LogP contribution in [-0.4, -0.2) is 40.5 Å². The molecule has 0 fully saturated rings. The van der Waals surface area contributed by atoms with Gasteiger partial charge >= 0.3 is 6.36 Å². The predicted molar refractivity (Wildman–Crippen MR) is 98.0 cm³/mol. The number of benzene rings is 1. The van der Waals surface area contributed by atoms with E-state index in [0.29, 0.717) is 25.5 Å². The van der Waals surface area contributed by atoms with Crippen molar-refractivity contribution < 1.29 is 17.9 Å². The lowest BCUT2D eigenvalue weighted by Crippen LogP contribution is -2.38. The second-order valence-electron chi connectivity index (χ2n) is 5.84. The summed E-state index contributed by atoms with van der Waals surface area (Å²) in [6.07, 6.45) is -2.19. The van der Waals surface area contributed by atoms with Crippen molar-refractivity contribution in [1.29, 1.82) is 0 Å². The summed E-state index contributed by atoms with van der Waals surface area (Å²) in [4.78, 5) is 4.15. The molecule has 10 heteroatoms. The minimum Gasteiger partial charge on any atom is -0.406 e. The van der Waals surface area contributed by atoms with Gasteiger partial charge in [0.15, 0.2) is 17.4 Å². The molecule has 148 valence electrons. The van der Waals surface area contributed by atoms with Crippen molar-refractivity contribution in [2.24, 2.45) is 4.99 Å². The summed E-state index contributed by atoms with van der Waals surface area (Å²) in [7, 11) is 1.65. The summed E-state index contributed by atoms with van der Waals surface area (Å²) in [5.74, 6) is 1.10. The molecule has 0 aliphatic rings. The van der Waals surface area contributed by atoms with Crippen LogP contribution >= 0.6 is 0 Å². The molecule has 0 aliphatic heterocycles. The normalized spacial score (nSPS) is 12.2. The van der Waals surface area contributed by atoms with Gasteiger partial charge in [-0.3, -0.25) is 9.39 Å². The van der Waals surface area contributed by atoms with E-state index in [1.807, 2.05) is 28.8 Å². The second kappa shape index (κ2) is 8.59. The molecule has 7 nitrogen and oxygen atoms in total. The van der Waals surface area contributed by atoms with Crippen LogP contribution in [0.3, 0.4) is 0 Å². The standard InChI is InChI=1S/C18H19F3N6O/c1-22-17(24-12-16-26-25-15-4-2-3-11-27(15)16)23-10-9-13-5-7-14(8-6-13)28-18(19,20)21/h2-8,11H,9-10,12H2,1H3,(H2,22,23,24). The van der Waals surface area contributed by atoms with Gasteiger partial charge in [0, 0.05) is 19.8 Å². The Labute approximate surface area is 159 Å². The molecule has 0 spiro atoms. The third-order valence-electron chi connectivity index (χ3n) is 3.88. The molecular weight excluding hydrogens is 373 g/mol. The van der Waals surface area contributed by atoms with E-state index in [-0.39, 0.29) is 5.75 Å². The van der Waals surface area contributed by atoms with Crippen LogP contribution in [0.25, 0.3) is 5.65 Å². The van der Waals surface area contributed by atoms with Crippen molar-refractivity contribution >= 4 is 11.6 Å². The van der Waals surface area contributed by atoms with Crippen LogP contribution in [0.15, 0.2) is 53.7 Å². The summed E-state index contributed by atoms with van der Waals surface area (Å²) in [6, 6.07) is 11.5. The van der Waals surface area contributed by atoms with Crippen LogP contribution in [0.5, 0.6) is 5.75 Å². The zero-order valence-corrected chi connectivity index (χ0v) is 15.1. The maximum Gasteiger partial charge on any atom is 0.573 e. The van der Waals surface area contributed by atoms with Gasteiger partial charge in [-0.05, 0) is 36.2 Å². The van der Waals surface area contributed by atoms with Crippen molar-refractivity contribution in [2.75, 3.05) is 13.6 Å². The maximum absolute atomic E-state index is 12.2. The van der Waals surface area contributed by atoms with Crippen LogP contribution in [0.4, 0.5) is 13.2 Å². The Balaban J connectivity index is 1.47. The summed E-state index contributed by atoms with van der Waals surface area (Å²) in [6.45, 7) is 0.994. The smallest absolute Gasteiger partial charge is 0.406 e. The van der Waals surface area contributed by atoms with Crippen molar-refractivity contribution in [3.05, 3.63) is 60.0 Å². The molecule has 3 rings (SSSR count). The van der Waals surface area contributed by atoms with Crippen LogP contribution in [0, 0.1) is 0 Å². The average Bonchev–Trinajstić information content (AvgIpc) is 3.08. The van der Waals surface area contributed by atoms with E-state index < -0.39 is 6.36 Å². The molecule has 0 radical (unpaired) electrons. The molecule has 1 aromatic carbocycles. The summed E-state index contributed by atoms with van der Waals surface area (Å²) >= 11 is 0. The van der Waals surface area contributed by atoms with E-state index in [9.17, 15) is 13.2 Å². The topological polar surface area (TPSA) is 75.8 Å². The molecule has 0 aliphatic carbocycles. The largest absolute Gasteiger partial charge is 0.573 e. The lowest BCUT2D eigenvalue weighted by Gasteiger charge is -2.12. The summed E-state index contributed by atoms with van der Waals surface area (Å²) < 4.78 is 42.2. The fourth-order valence-corrected chi connectivity index (χ4v) is 2.58. The van der Waals surface area contributed by atoms with Gasteiger partial charge in [-0.15, -0.1) is 23.4 Å². The van der Waals surface area contributed by atoms with Crippen molar-refractivity contribution in [2.45, 2.75) is 19.3 Å². The average molecular weight is 392 g/mol. The number of aromatic nitrogens is 3. The highest BCUT2D eigenvalue weighted by Crippen LogP contribution is 2.22. The van der Waals surface area contributed by atoms with E-state index in [4.69, 9.17) is 0 Å². The molecule has 2 heterocycles. The first-order valence-corrected chi connectivity index (χ1v) is 8.52. The number of nitrogens with one attached hydrogen (secondary N) is 2. The van der Waals surface area contributed by atoms with Crippen LogP contribution in [-0.2, 0) is 13.0 Å². The van der Waals surface area contributed by atoms with Crippen molar-refractivity contribution in [1.82, 2.24) is 25.2 Å². The minimum atomic E-state index is -4.68. The Bertz CT molecular complexity index is 936. The molecular formula is C18H19F3N6O. The quantitative estimate of drug-likeness (QED) is 0.498. The molecule has 0 unspecified atom stereocenters. The molecule has 28 heavy (non-hydrogen) atoms. The number of alkyl halides is 3. The maximum atomic E-state index is 12.2. The van der Waals surface area contributed by atoms with Crippen molar-refractivity contribution in [3.8, 4) is 5.75 Å². The first-order chi connectivity index (χ1) is 13.4. The number of hydrogen-bond donors (Lipinski definition) is 2. The number of rotatable bonds is 6. The van der Waals surface area contributed by atoms with E-state index in [1.54, 1.807) is 19.2 Å². The fourth-order valence-electron chi connectivity index (χ4n) is 2.58. The number of guanidine groups is 1. The number of ether oxygens (including phenoxy) is 1. The van der Waals surface area contributed by atoms with Gasteiger partial charge in [-0.2, -0.15) is 0 Å². The van der Waals surface area contributed by atoms with Gasteiger partial charge in [0.25, 0.3) is 0 Å². The molecule has 3 aromatic rings. The number of aliphatic imine (C=N–C) groups is 1. The Morgan fingerprint density at radius 2 is 1.89 bits per heavy atom. The fraction of sp³-hybridized carbons (Fsp3) is 0.278. The zero-order chi connectivity index (χ0) is 20.0. The highest BCUT2D eigenvalue weighted by Gasteiger charge is 2.30. The van der Waals surface area contributed by atoms with Crippen molar-refractivity contribution in [3.63, 3.8) is 0 Å².